The van der Waals surface area contributed by atoms with E-state index in [0.29, 0.717) is 24.9 Å². The van der Waals surface area contributed by atoms with Crippen molar-refractivity contribution in [3.05, 3.63) is 29.6 Å². The first-order valence-corrected chi connectivity index (χ1v) is 8.19. The van der Waals surface area contributed by atoms with Gasteiger partial charge in [-0.25, -0.2) is 9.38 Å². The molecule has 1 aromatic carbocycles. The van der Waals surface area contributed by atoms with Gasteiger partial charge in [0.25, 0.3) is 0 Å². The Bertz CT molecular complexity index is 505. The molecule has 1 aliphatic rings. The molecule has 0 aromatic heterocycles. The Morgan fingerprint density at radius 3 is 2.65 bits per heavy atom. The molecule has 2 rings (SSSR count). The number of halogens is 2. The highest BCUT2D eigenvalue weighted by atomic mass is 127. The van der Waals surface area contributed by atoms with E-state index in [1.165, 1.54) is 31.7 Å². The SMILES string of the molecule is CCNC(=NCc1ccc(OCC)c(F)c1)NC1CCCC1.I. The highest BCUT2D eigenvalue weighted by Gasteiger charge is 2.15. The minimum absolute atomic E-state index is 0. The highest BCUT2D eigenvalue weighted by Crippen LogP contribution is 2.19. The Kier molecular flexibility index (Phi) is 9.28. The summed E-state index contributed by atoms with van der Waals surface area (Å²) in [7, 11) is 0. The lowest BCUT2D eigenvalue weighted by Crippen LogP contribution is -2.42. The number of nitrogens with zero attached hydrogens (tertiary/aromatic N) is 1. The fraction of sp³-hybridized carbons (Fsp3) is 0.588. The quantitative estimate of drug-likeness (QED) is 0.406. The topological polar surface area (TPSA) is 45.7 Å². The second kappa shape index (κ2) is 10.7. The maximum atomic E-state index is 13.8. The fourth-order valence-electron chi connectivity index (χ4n) is 2.67. The number of hydrogen-bond donors (Lipinski definition) is 2. The van der Waals surface area contributed by atoms with E-state index in [1.54, 1.807) is 6.07 Å². The summed E-state index contributed by atoms with van der Waals surface area (Å²) < 4.78 is 19.0. The van der Waals surface area contributed by atoms with Crippen molar-refractivity contribution in [3.8, 4) is 5.75 Å². The average molecular weight is 435 g/mol. The first kappa shape index (κ1) is 20.0. The van der Waals surface area contributed by atoms with Gasteiger partial charge in [-0.2, -0.15) is 0 Å². The highest BCUT2D eigenvalue weighted by molar-refractivity contribution is 14.0. The van der Waals surface area contributed by atoms with E-state index in [0.717, 1.165) is 18.1 Å². The number of nitrogens with one attached hydrogen (secondary N) is 2. The van der Waals surface area contributed by atoms with E-state index in [1.807, 2.05) is 19.9 Å². The summed E-state index contributed by atoms with van der Waals surface area (Å²) in [5, 5.41) is 6.70. The van der Waals surface area contributed by atoms with Gasteiger partial charge in [0.05, 0.1) is 13.2 Å². The van der Waals surface area contributed by atoms with Gasteiger partial charge in [-0.05, 0) is 44.4 Å². The zero-order valence-electron chi connectivity index (χ0n) is 13.9. The summed E-state index contributed by atoms with van der Waals surface area (Å²) in [4.78, 5) is 4.55. The molecule has 1 aromatic rings. The predicted molar refractivity (Wildman–Crippen MR) is 103 cm³/mol. The molecule has 4 nitrogen and oxygen atoms in total. The third-order valence-electron chi connectivity index (χ3n) is 3.76. The predicted octanol–water partition coefficient (Wildman–Crippen LogP) is 3.84. The van der Waals surface area contributed by atoms with Gasteiger partial charge < -0.3 is 15.4 Å². The molecule has 0 unspecified atom stereocenters. The molecule has 0 amide bonds. The van der Waals surface area contributed by atoms with Crippen molar-refractivity contribution in [2.24, 2.45) is 4.99 Å². The van der Waals surface area contributed by atoms with Crippen molar-refractivity contribution >= 4 is 29.9 Å². The standard InChI is InChI=1S/C17H26FN3O.HI/c1-3-19-17(21-14-7-5-6-8-14)20-12-13-9-10-16(22-4-2)15(18)11-13;/h9-11,14H,3-8,12H2,1-2H3,(H2,19,20,21);1H. The normalized spacial score (nSPS) is 15.2. The summed E-state index contributed by atoms with van der Waals surface area (Å²) in [6.45, 7) is 5.61. The fourth-order valence-corrected chi connectivity index (χ4v) is 2.67. The summed E-state index contributed by atoms with van der Waals surface area (Å²) in [6, 6.07) is 5.53. The number of guanidine groups is 1. The van der Waals surface area contributed by atoms with Crippen LogP contribution in [-0.2, 0) is 6.54 Å². The van der Waals surface area contributed by atoms with Crippen molar-refractivity contribution in [2.45, 2.75) is 52.1 Å². The molecule has 23 heavy (non-hydrogen) atoms. The minimum Gasteiger partial charge on any atom is -0.491 e. The van der Waals surface area contributed by atoms with Gasteiger partial charge >= 0.3 is 0 Å². The van der Waals surface area contributed by atoms with Crippen LogP contribution in [0, 0.1) is 5.82 Å². The first-order chi connectivity index (χ1) is 10.7. The molecule has 0 heterocycles. The lowest BCUT2D eigenvalue weighted by atomic mass is 10.2. The Morgan fingerprint density at radius 1 is 1.30 bits per heavy atom. The number of hydrogen-bond acceptors (Lipinski definition) is 2. The summed E-state index contributed by atoms with van der Waals surface area (Å²) in [6.07, 6.45) is 4.95. The summed E-state index contributed by atoms with van der Waals surface area (Å²) >= 11 is 0. The molecule has 1 saturated carbocycles. The van der Waals surface area contributed by atoms with Crippen LogP contribution in [0.3, 0.4) is 0 Å². The maximum Gasteiger partial charge on any atom is 0.191 e. The van der Waals surface area contributed by atoms with Crippen LogP contribution in [0.15, 0.2) is 23.2 Å². The number of ether oxygens (including phenoxy) is 1. The van der Waals surface area contributed by atoms with Gasteiger partial charge in [0.1, 0.15) is 0 Å². The molecule has 0 bridgehead atoms. The molecule has 0 spiro atoms. The molecular weight excluding hydrogens is 408 g/mol. The smallest absolute Gasteiger partial charge is 0.191 e. The van der Waals surface area contributed by atoms with Gasteiger partial charge in [0.15, 0.2) is 17.5 Å². The molecule has 0 saturated heterocycles. The van der Waals surface area contributed by atoms with Crippen molar-refractivity contribution in [3.63, 3.8) is 0 Å². The second-order valence-electron chi connectivity index (χ2n) is 5.52. The molecule has 6 heteroatoms. The largest absolute Gasteiger partial charge is 0.491 e. The molecule has 0 aliphatic heterocycles. The monoisotopic (exact) mass is 435 g/mol. The van der Waals surface area contributed by atoms with E-state index in [-0.39, 0.29) is 29.8 Å². The summed E-state index contributed by atoms with van der Waals surface area (Å²) in [5.41, 5.74) is 0.838. The van der Waals surface area contributed by atoms with E-state index in [9.17, 15) is 4.39 Å². The van der Waals surface area contributed by atoms with Gasteiger partial charge in [0, 0.05) is 12.6 Å². The molecule has 0 radical (unpaired) electrons. The number of benzene rings is 1. The third-order valence-corrected chi connectivity index (χ3v) is 3.76. The van der Waals surface area contributed by atoms with E-state index >= 15 is 0 Å². The van der Waals surface area contributed by atoms with Crippen LogP contribution in [0.2, 0.25) is 0 Å². The van der Waals surface area contributed by atoms with E-state index in [2.05, 4.69) is 15.6 Å². The Labute approximate surface area is 155 Å². The van der Waals surface area contributed by atoms with Gasteiger partial charge in [0.2, 0.25) is 0 Å². The number of aliphatic imine (C=N–C) groups is 1. The summed E-state index contributed by atoms with van der Waals surface area (Å²) in [5.74, 6) is 0.776. The first-order valence-electron chi connectivity index (χ1n) is 8.19. The molecule has 0 atom stereocenters. The van der Waals surface area contributed by atoms with Crippen molar-refractivity contribution in [1.82, 2.24) is 10.6 Å². The molecule has 1 aliphatic carbocycles. The average Bonchev–Trinajstić information content (AvgIpc) is 3.01. The zero-order valence-corrected chi connectivity index (χ0v) is 16.2. The lowest BCUT2D eigenvalue weighted by molar-refractivity contribution is 0.321. The van der Waals surface area contributed by atoms with Crippen molar-refractivity contribution in [2.75, 3.05) is 13.2 Å². The van der Waals surface area contributed by atoms with E-state index in [4.69, 9.17) is 4.74 Å². The maximum absolute atomic E-state index is 13.8. The Balaban J connectivity index is 0.00000264. The van der Waals surface area contributed by atoms with Crippen molar-refractivity contribution < 1.29 is 9.13 Å². The Morgan fingerprint density at radius 2 is 2.04 bits per heavy atom. The zero-order chi connectivity index (χ0) is 15.8. The van der Waals surface area contributed by atoms with Gasteiger partial charge in [-0.15, -0.1) is 24.0 Å². The minimum atomic E-state index is -0.330. The van der Waals surface area contributed by atoms with Gasteiger partial charge in [-0.1, -0.05) is 18.9 Å². The van der Waals surface area contributed by atoms with Crippen LogP contribution < -0.4 is 15.4 Å². The van der Waals surface area contributed by atoms with Gasteiger partial charge in [-0.3, -0.25) is 0 Å². The van der Waals surface area contributed by atoms with Crippen LogP contribution >= 0.6 is 24.0 Å². The molecule has 2 N–H and O–H groups in total. The van der Waals surface area contributed by atoms with Crippen LogP contribution in [0.1, 0.15) is 45.1 Å². The van der Waals surface area contributed by atoms with E-state index < -0.39 is 0 Å². The third kappa shape index (κ3) is 6.53. The van der Waals surface area contributed by atoms with Crippen LogP contribution in [0.5, 0.6) is 5.75 Å². The van der Waals surface area contributed by atoms with Crippen LogP contribution in [0.25, 0.3) is 0 Å². The van der Waals surface area contributed by atoms with Crippen LogP contribution in [-0.4, -0.2) is 25.2 Å². The molecular formula is C17H27FIN3O. The molecule has 1 fully saturated rings. The molecule has 130 valence electrons. The van der Waals surface area contributed by atoms with Crippen molar-refractivity contribution in [1.29, 1.82) is 0 Å². The second-order valence-corrected chi connectivity index (χ2v) is 5.52. The lowest BCUT2D eigenvalue weighted by Gasteiger charge is -2.16. The number of rotatable bonds is 6. The van der Waals surface area contributed by atoms with Crippen LogP contribution in [0.4, 0.5) is 4.39 Å². The Hall–Kier alpha value is -1.05.